The topological polar surface area (TPSA) is 97.0 Å². The van der Waals surface area contributed by atoms with Gasteiger partial charge in [-0.2, -0.15) is 0 Å². The molecule has 2 aliphatic heterocycles. The Morgan fingerprint density at radius 3 is 2.62 bits per heavy atom. The molecule has 2 fully saturated rings. The standard InChI is InChI=1S/C21H27N3O5/c1-13(20(26)23-15-4-2-3-5-15)22-21(27)14-10-19(25)24(12-14)16-6-7-17-18(11-16)29-9-8-28-17/h6-7,11,13-15H,2-5,8-10,12H2,1H3,(H,22,27)(H,23,26)/t13-,14+/m0/s1. The van der Waals surface area contributed by atoms with E-state index < -0.39 is 12.0 Å². The van der Waals surface area contributed by atoms with Crippen molar-refractivity contribution >= 4 is 23.4 Å². The first-order valence-corrected chi connectivity index (χ1v) is 10.3. The molecule has 3 aliphatic rings. The third-order valence-corrected chi connectivity index (χ3v) is 5.79. The SMILES string of the molecule is C[C@H](NC(=O)[C@@H]1CC(=O)N(c2ccc3c(c2)OCCO3)C1)C(=O)NC1CCCC1. The van der Waals surface area contributed by atoms with Gasteiger partial charge in [-0.15, -0.1) is 0 Å². The minimum atomic E-state index is -0.624. The van der Waals surface area contributed by atoms with Crippen LogP contribution in [-0.2, 0) is 14.4 Å². The number of amides is 3. The van der Waals surface area contributed by atoms with Crippen LogP contribution in [-0.4, -0.2) is 49.6 Å². The van der Waals surface area contributed by atoms with Crippen molar-refractivity contribution in [1.29, 1.82) is 0 Å². The second-order valence-corrected chi connectivity index (χ2v) is 7.95. The Kier molecular flexibility index (Phi) is 5.60. The first-order chi connectivity index (χ1) is 14.0. The lowest BCUT2D eigenvalue weighted by atomic mass is 10.1. The van der Waals surface area contributed by atoms with Gasteiger partial charge in [0, 0.05) is 30.8 Å². The molecule has 1 saturated carbocycles. The van der Waals surface area contributed by atoms with Gasteiger partial charge in [0.2, 0.25) is 17.7 Å². The zero-order valence-corrected chi connectivity index (χ0v) is 16.6. The van der Waals surface area contributed by atoms with Crippen LogP contribution in [0.25, 0.3) is 0 Å². The van der Waals surface area contributed by atoms with Crippen molar-refractivity contribution in [2.24, 2.45) is 5.92 Å². The zero-order chi connectivity index (χ0) is 20.4. The number of nitrogens with one attached hydrogen (secondary N) is 2. The van der Waals surface area contributed by atoms with E-state index in [2.05, 4.69) is 10.6 Å². The monoisotopic (exact) mass is 401 g/mol. The zero-order valence-electron chi connectivity index (χ0n) is 16.6. The van der Waals surface area contributed by atoms with Crippen LogP contribution in [0.15, 0.2) is 18.2 Å². The van der Waals surface area contributed by atoms with Gasteiger partial charge in [0.1, 0.15) is 19.3 Å². The molecule has 156 valence electrons. The fourth-order valence-electron chi connectivity index (χ4n) is 4.13. The molecule has 4 rings (SSSR count). The molecule has 0 spiro atoms. The highest BCUT2D eigenvalue weighted by Gasteiger charge is 2.36. The predicted octanol–water partition coefficient (Wildman–Crippen LogP) is 1.37. The Labute approximate surface area is 169 Å². The molecule has 0 radical (unpaired) electrons. The van der Waals surface area contributed by atoms with Crippen LogP contribution in [0.2, 0.25) is 0 Å². The van der Waals surface area contributed by atoms with Crippen LogP contribution in [0.5, 0.6) is 11.5 Å². The van der Waals surface area contributed by atoms with Gasteiger partial charge in [0.05, 0.1) is 5.92 Å². The molecule has 1 aliphatic carbocycles. The Morgan fingerprint density at radius 2 is 1.86 bits per heavy atom. The maximum Gasteiger partial charge on any atom is 0.242 e. The number of nitrogens with zero attached hydrogens (tertiary/aromatic N) is 1. The molecule has 8 nitrogen and oxygen atoms in total. The van der Waals surface area contributed by atoms with E-state index in [9.17, 15) is 14.4 Å². The van der Waals surface area contributed by atoms with Crippen LogP contribution in [0.3, 0.4) is 0 Å². The molecule has 3 amide bonds. The van der Waals surface area contributed by atoms with Crippen molar-refractivity contribution in [3.8, 4) is 11.5 Å². The number of anilines is 1. The smallest absolute Gasteiger partial charge is 0.242 e. The Balaban J connectivity index is 1.34. The highest BCUT2D eigenvalue weighted by Crippen LogP contribution is 2.36. The molecule has 2 heterocycles. The van der Waals surface area contributed by atoms with E-state index in [0.29, 0.717) is 30.4 Å². The third-order valence-electron chi connectivity index (χ3n) is 5.79. The van der Waals surface area contributed by atoms with Crippen LogP contribution in [0.4, 0.5) is 5.69 Å². The molecule has 1 aromatic rings. The Bertz CT molecular complexity index is 806. The lowest BCUT2D eigenvalue weighted by Gasteiger charge is -2.22. The summed E-state index contributed by atoms with van der Waals surface area (Å²) in [7, 11) is 0. The number of ether oxygens (including phenoxy) is 2. The summed E-state index contributed by atoms with van der Waals surface area (Å²) < 4.78 is 11.1. The lowest BCUT2D eigenvalue weighted by molar-refractivity contribution is -0.131. The van der Waals surface area contributed by atoms with Gasteiger partial charge in [-0.3, -0.25) is 14.4 Å². The summed E-state index contributed by atoms with van der Waals surface area (Å²) in [6.45, 7) is 2.93. The Hall–Kier alpha value is -2.77. The van der Waals surface area contributed by atoms with E-state index in [1.807, 2.05) is 0 Å². The van der Waals surface area contributed by atoms with Crippen molar-refractivity contribution in [1.82, 2.24) is 10.6 Å². The second kappa shape index (κ2) is 8.31. The molecular weight excluding hydrogens is 374 g/mol. The maximum atomic E-state index is 12.6. The quantitative estimate of drug-likeness (QED) is 0.777. The van der Waals surface area contributed by atoms with Crippen molar-refractivity contribution in [2.75, 3.05) is 24.7 Å². The van der Waals surface area contributed by atoms with Crippen molar-refractivity contribution in [3.05, 3.63) is 18.2 Å². The van der Waals surface area contributed by atoms with Crippen molar-refractivity contribution in [2.45, 2.75) is 51.1 Å². The average Bonchev–Trinajstić information content (AvgIpc) is 3.37. The van der Waals surface area contributed by atoms with Crippen LogP contribution in [0.1, 0.15) is 39.0 Å². The minimum absolute atomic E-state index is 0.120. The maximum absolute atomic E-state index is 12.6. The molecule has 2 atom stereocenters. The van der Waals surface area contributed by atoms with E-state index in [4.69, 9.17) is 9.47 Å². The highest BCUT2D eigenvalue weighted by atomic mass is 16.6. The van der Waals surface area contributed by atoms with Gasteiger partial charge in [-0.25, -0.2) is 0 Å². The van der Waals surface area contributed by atoms with Gasteiger partial charge in [0.15, 0.2) is 11.5 Å². The third kappa shape index (κ3) is 4.31. The largest absolute Gasteiger partial charge is 0.486 e. The van der Waals surface area contributed by atoms with Gasteiger partial charge in [-0.1, -0.05) is 12.8 Å². The first kappa shape index (κ1) is 19.5. The number of carbonyl (C=O) groups is 3. The number of hydrogen-bond acceptors (Lipinski definition) is 5. The second-order valence-electron chi connectivity index (χ2n) is 7.95. The molecule has 1 saturated heterocycles. The first-order valence-electron chi connectivity index (χ1n) is 10.3. The average molecular weight is 401 g/mol. The van der Waals surface area contributed by atoms with Gasteiger partial charge >= 0.3 is 0 Å². The number of fused-ring (bicyclic) bond motifs is 1. The van der Waals surface area contributed by atoms with E-state index in [0.717, 1.165) is 25.7 Å². The van der Waals surface area contributed by atoms with Gasteiger partial charge < -0.3 is 25.0 Å². The normalized spacial score (nSPS) is 22.4. The van der Waals surface area contributed by atoms with Gasteiger partial charge in [0.25, 0.3) is 0 Å². The minimum Gasteiger partial charge on any atom is -0.486 e. The number of carbonyl (C=O) groups excluding carboxylic acids is 3. The van der Waals surface area contributed by atoms with E-state index >= 15 is 0 Å². The van der Waals surface area contributed by atoms with Crippen molar-refractivity contribution in [3.63, 3.8) is 0 Å². The summed E-state index contributed by atoms with van der Waals surface area (Å²) in [5.41, 5.74) is 0.682. The predicted molar refractivity (Wildman–Crippen MR) is 106 cm³/mol. The van der Waals surface area contributed by atoms with E-state index in [1.165, 1.54) is 0 Å². The van der Waals surface area contributed by atoms with Crippen LogP contribution < -0.4 is 25.0 Å². The highest BCUT2D eigenvalue weighted by molar-refractivity contribution is 6.01. The number of benzene rings is 1. The number of hydrogen-bond donors (Lipinski definition) is 2. The summed E-state index contributed by atoms with van der Waals surface area (Å²) in [6, 6.07) is 4.93. The lowest BCUT2D eigenvalue weighted by Crippen LogP contribution is -2.49. The fraction of sp³-hybridized carbons (Fsp3) is 0.571. The summed E-state index contributed by atoms with van der Waals surface area (Å²) in [6.07, 6.45) is 4.37. The Morgan fingerprint density at radius 1 is 1.14 bits per heavy atom. The number of rotatable bonds is 5. The molecule has 8 heteroatoms. The molecule has 0 bridgehead atoms. The van der Waals surface area contributed by atoms with Gasteiger partial charge in [-0.05, 0) is 31.9 Å². The fourth-order valence-corrected chi connectivity index (χ4v) is 4.13. The molecule has 0 unspecified atom stereocenters. The van der Waals surface area contributed by atoms with E-state index in [1.54, 1.807) is 30.0 Å². The summed E-state index contributed by atoms with van der Waals surface area (Å²) in [5.74, 6) is 0.211. The van der Waals surface area contributed by atoms with E-state index in [-0.39, 0.29) is 36.7 Å². The summed E-state index contributed by atoms with van der Waals surface area (Å²) >= 11 is 0. The molecule has 29 heavy (non-hydrogen) atoms. The summed E-state index contributed by atoms with van der Waals surface area (Å²) in [5, 5.41) is 5.75. The van der Waals surface area contributed by atoms with Crippen LogP contribution in [0, 0.1) is 5.92 Å². The molecule has 1 aromatic carbocycles. The van der Waals surface area contributed by atoms with Crippen LogP contribution >= 0.6 is 0 Å². The van der Waals surface area contributed by atoms with Crippen molar-refractivity contribution < 1.29 is 23.9 Å². The molecule has 0 aromatic heterocycles. The molecular formula is C21H27N3O5. The molecule has 2 N–H and O–H groups in total. The summed E-state index contributed by atoms with van der Waals surface area (Å²) in [4.78, 5) is 39.0.